The van der Waals surface area contributed by atoms with Crippen LogP contribution < -0.4 is 5.32 Å². The van der Waals surface area contributed by atoms with Crippen LogP contribution in [-0.4, -0.2) is 18.9 Å². The van der Waals surface area contributed by atoms with Crippen LogP contribution in [0.4, 0.5) is 0 Å². The molecule has 0 aliphatic carbocycles. The highest BCUT2D eigenvalue weighted by molar-refractivity contribution is 6.44. The maximum atomic E-state index is 12.4. The molecule has 16 heavy (non-hydrogen) atoms. The van der Waals surface area contributed by atoms with Gasteiger partial charge >= 0.3 is 0 Å². The van der Waals surface area contributed by atoms with Gasteiger partial charge < -0.3 is 5.32 Å². The lowest BCUT2D eigenvalue weighted by atomic mass is 9.81. The van der Waals surface area contributed by atoms with Gasteiger partial charge in [0.05, 0.1) is 10.0 Å². The first-order valence-electron chi connectivity index (χ1n) is 5.24. The minimum absolute atomic E-state index is 0.0741. The summed E-state index contributed by atoms with van der Waals surface area (Å²) < 4.78 is 0. The lowest BCUT2D eigenvalue weighted by Gasteiger charge is -2.21. The third kappa shape index (κ3) is 1.97. The lowest BCUT2D eigenvalue weighted by molar-refractivity contribution is 0.0839. The number of carbonyl (C=O) groups excluding carboxylic acids is 1. The van der Waals surface area contributed by atoms with Gasteiger partial charge in [0.2, 0.25) is 0 Å². The highest BCUT2D eigenvalue weighted by Crippen LogP contribution is 2.34. The van der Waals surface area contributed by atoms with Crippen molar-refractivity contribution in [3.63, 3.8) is 0 Å². The maximum absolute atomic E-state index is 12.4. The number of Topliss-reactive ketones (excluding diaryl/α,β-unsaturated/α-hetero) is 1. The highest BCUT2D eigenvalue weighted by Gasteiger charge is 2.37. The van der Waals surface area contributed by atoms with E-state index in [-0.39, 0.29) is 11.2 Å². The first kappa shape index (κ1) is 11.9. The summed E-state index contributed by atoms with van der Waals surface area (Å²) in [5.41, 5.74) is 0.175. The number of halogens is 2. The second-order valence-electron chi connectivity index (χ2n) is 4.42. The Morgan fingerprint density at radius 3 is 2.81 bits per heavy atom. The first-order chi connectivity index (χ1) is 7.54. The van der Waals surface area contributed by atoms with E-state index in [2.05, 4.69) is 5.32 Å². The zero-order valence-corrected chi connectivity index (χ0v) is 10.5. The van der Waals surface area contributed by atoms with E-state index in [1.165, 1.54) is 0 Å². The van der Waals surface area contributed by atoms with Crippen molar-refractivity contribution in [2.75, 3.05) is 13.1 Å². The third-order valence-electron chi connectivity index (χ3n) is 3.11. The standard InChI is InChI=1S/C12H13Cl2NO/c1-12(5-6-15-7-12)11(16)8-3-2-4-9(13)10(8)14/h2-4,15H,5-7H2,1H3. The molecule has 1 aliphatic rings. The van der Waals surface area contributed by atoms with E-state index in [1.807, 2.05) is 6.92 Å². The fourth-order valence-corrected chi connectivity index (χ4v) is 2.40. The second kappa shape index (κ2) is 4.36. The fraction of sp³-hybridized carbons (Fsp3) is 0.417. The van der Waals surface area contributed by atoms with E-state index in [0.717, 1.165) is 13.0 Å². The summed E-state index contributed by atoms with van der Waals surface area (Å²) in [5, 5.41) is 4.00. The summed E-state index contributed by atoms with van der Waals surface area (Å²) in [6.45, 7) is 3.54. The number of benzene rings is 1. The molecule has 0 saturated carbocycles. The Morgan fingerprint density at radius 1 is 1.44 bits per heavy atom. The van der Waals surface area contributed by atoms with Crippen molar-refractivity contribution in [2.45, 2.75) is 13.3 Å². The minimum Gasteiger partial charge on any atom is -0.316 e. The molecule has 0 radical (unpaired) electrons. The van der Waals surface area contributed by atoms with Crippen molar-refractivity contribution in [2.24, 2.45) is 5.41 Å². The van der Waals surface area contributed by atoms with Crippen molar-refractivity contribution >= 4 is 29.0 Å². The molecule has 86 valence electrons. The number of nitrogens with one attached hydrogen (secondary N) is 1. The first-order valence-corrected chi connectivity index (χ1v) is 6.00. The average molecular weight is 258 g/mol. The van der Waals surface area contributed by atoms with E-state index in [1.54, 1.807) is 18.2 Å². The summed E-state index contributed by atoms with van der Waals surface area (Å²) in [6.07, 6.45) is 0.842. The third-order valence-corrected chi connectivity index (χ3v) is 3.93. The predicted molar refractivity (Wildman–Crippen MR) is 66.4 cm³/mol. The van der Waals surface area contributed by atoms with Crippen LogP contribution in [0, 0.1) is 5.41 Å². The number of hydrogen-bond acceptors (Lipinski definition) is 2. The molecule has 1 aromatic rings. The van der Waals surface area contributed by atoms with E-state index in [0.29, 0.717) is 22.2 Å². The van der Waals surface area contributed by atoms with Crippen LogP contribution >= 0.6 is 23.2 Å². The smallest absolute Gasteiger partial charge is 0.171 e. The van der Waals surface area contributed by atoms with Gasteiger partial charge in [0.15, 0.2) is 5.78 Å². The molecule has 2 rings (SSSR count). The second-order valence-corrected chi connectivity index (χ2v) is 5.20. The Bertz CT molecular complexity index is 425. The molecule has 0 amide bonds. The Hall–Kier alpha value is -0.570. The van der Waals surface area contributed by atoms with E-state index in [9.17, 15) is 4.79 Å². The number of carbonyl (C=O) groups is 1. The molecule has 0 spiro atoms. The maximum Gasteiger partial charge on any atom is 0.171 e. The Morgan fingerprint density at radius 2 is 2.19 bits per heavy atom. The van der Waals surface area contributed by atoms with Gasteiger partial charge in [-0.2, -0.15) is 0 Å². The van der Waals surface area contributed by atoms with Crippen LogP contribution in [0.5, 0.6) is 0 Å². The van der Waals surface area contributed by atoms with Gasteiger partial charge in [-0.3, -0.25) is 4.79 Å². The molecular formula is C12H13Cl2NO. The van der Waals surface area contributed by atoms with Gasteiger partial charge in [-0.15, -0.1) is 0 Å². The van der Waals surface area contributed by atoms with Gasteiger partial charge in [0.25, 0.3) is 0 Å². The monoisotopic (exact) mass is 257 g/mol. The zero-order valence-electron chi connectivity index (χ0n) is 9.02. The van der Waals surface area contributed by atoms with Crippen molar-refractivity contribution in [3.8, 4) is 0 Å². The Balaban J connectivity index is 2.37. The number of hydrogen-bond donors (Lipinski definition) is 1. The molecule has 1 atom stereocenters. The molecule has 1 N–H and O–H groups in total. The largest absolute Gasteiger partial charge is 0.316 e. The SMILES string of the molecule is CC1(C(=O)c2cccc(Cl)c2Cl)CCNC1. The van der Waals surface area contributed by atoms with Gasteiger partial charge in [0, 0.05) is 17.5 Å². The van der Waals surface area contributed by atoms with Gasteiger partial charge in [-0.25, -0.2) is 0 Å². The van der Waals surface area contributed by atoms with Crippen molar-refractivity contribution < 1.29 is 4.79 Å². The van der Waals surface area contributed by atoms with E-state index < -0.39 is 0 Å². The van der Waals surface area contributed by atoms with Crippen LogP contribution in [0.15, 0.2) is 18.2 Å². The molecule has 1 unspecified atom stereocenters. The van der Waals surface area contributed by atoms with Crippen LogP contribution in [0.2, 0.25) is 10.0 Å². The normalized spacial score (nSPS) is 24.7. The van der Waals surface area contributed by atoms with Gasteiger partial charge in [-0.05, 0) is 25.1 Å². The summed E-state index contributed by atoms with van der Waals surface area (Å²) >= 11 is 12.0. The molecule has 4 heteroatoms. The number of ketones is 1. The quantitative estimate of drug-likeness (QED) is 0.825. The zero-order chi connectivity index (χ0) is 11.8. The molecule has 1 saturated heterocycles. The summed E-state index contributed by atoms with van der Waals surface area (Å²) in [4.78, 5) is 12.4. The Labute approximate surface area is 105 Å². The summed E-state index contributed by atoms with van der Waals surface area (Å²) in [7, 11) is 0. The fourth-order valence-electron chi connectivity index (χ4n) is 2.02. The van der Waals surface area contributed by atoms with Gasteiger partial charge in [-0.1, -0.05) is 36.2 Å². The average Bonchev–Trinajstić information content (AvgIpc) is 2.70. The van der Waals surface area contributed by atoms with Crippen molar-refractivity contribution in [3.05, 3.63) is 33.8 Å². The van der Waals surface area contributed by atoms with Crippen LogP contribution in [0.3, 0.4) is 0 Å². The molecule has 1 fully saturated rings. The van der Waals surface area contributed by atoms with Crippen LogP contribution in [0.1, 0.15) is 23.7 Å². The Kier molecular flexibility index (Phi) is 3.24. The molecule has 1 heterocycles. The summed E-state index contributed by atoms with van der Waals surface area (Å²) in [5.74, 6) is 0.0741. The molecule has 0 aromatic heterocycles. The number of rotatable bonds is 2. The molecule has 1 aliphatic heterocycles. The van der Waals surface area contributed by atoms with Crippen LogP contribution in [0.25, 0.3) is 0 Å². The topological polar surface area (TPSA) is 29.1 Å². The molecule has 0 bridgehead atoms. The van der Waals surface area contributed by atoms with E-state index >= 15 is 0 Å². The van der Waals surface area contributed by atoms with E-state index in [4.69, 9.17) is 23.2 Å². The molecule has 2 nitrogen and oxygen atoms in total. The molecule has 1 aromatic carbocycles. The molecular weight excluding hydrogens is 245 g/mol. The minimum atomic E-state index is -0.353. The summed E-state index contributed by atoms with van der Waals surface area (Å²) in [6, 6.07) is 5.18. The van der Waals surface area contributed by atoms with Crippen LogP contribution in [-0.2, 0) is 0 Å². The highest BCUT2D eigenvalue weighted by atomic mass is 35.5. The van der Waals surface area contributed by atoms with Gasteiger partial charge in [0.1, 0.15) is 0 Å². The predicted octanol–water partition coefficient (Wildman–Crippen LogP) is 3.18. The van der Waals surface area contributed by atoms with Crippen molar-refractivity contribution in [1.82, 2.24) is 5.32 Å². The lowest BCUT2D eigenvalue weighted by Crippen LogP contribution is -2.30. The van der Waals surface area contributed by atoms with Crippen molar-refractivity contribution in [1.29, 1.82) is 0 Å².